The summed E-state index contributed by atoms with van der Waals surface area (Å²) in [6.45, 7) is 0.227. The van der Waals surface area contributed by atoms with E-state index in [0.29, 0.717) is 0 Å². The van der Waals surface area contributed by atoms with Gasteiger partial charge in [0.1, 0.15) is 11.4 Å². The molecule has 0 saturated carbocycles. The van der Waals surface area contributed by atoms with Crippen molar-refractivity contribution in [3.05, 3.63) is 100 Å². The van der Waals surface area contributed by atoms with Crippen LogP contribution in [0.15, 0.2) is 78.0 Å². The predicted octanol–water partition coefficient (Wildman–Crippen LogP) is 3.95. The van der Waals surface area contributed by atoms with Crippen LogP contribution in [0.1, 0.15) is 15.9 Å². The number of aromatic carboxylic acids is 1. The van der Waals surface area contributed by atoms with Gasteiger partial charge >= 0.3 is 5.97 Å². The molecular formula is C22H15FN2O3. The second-order valence-corrected chi connectivity index (χ2v) is 6.38. The summed E-state index contributed by atoms with van der Waals surface area (Å²) in [5, 5.41) is 9.38. The summed E-state index contributed by atoms with van der Waals surface area (Å²) in [7, 11) is 0. The van der Waals surface area contributed by atoms with Gasteiger partial charge in [-0.2, -0.15) is 0 Å². The summed E-state index contributed by atoms with van der Waals surface area (Å²) in [4.78, 5) is 27.9. The van der Waals surface area contributed by atoms with Gasteiger partial charge in [-0.25, -0.2) is 9.18 Å². The molecule has 0 atom stereocenters. The molecule has 2 aromatic heterocycles. The highest BCUT2D eigenvalue weighted by atomic mass is 19.1. The number of carboxylic acid groups (broad SMARTS) is 1. The molecule has 0 spiro atoms. The van der Waals surface area contributed by atoms with Crippen LogP contribution in [0.2, 0.25) is 0 Å². The molecule has 5 nitrogen and oxygen atoms in total. The normalized spacial score (nSPS) is 10.9. The maximum Gasteiger partial charge on any atom is 0.341 e. The average molecular weight is 374 g/mol. The van der Waals surface area contributed by atoms with Crippen molar-refractivity contribution in [2.75, 3.05) is 0 Å². The third-order valence-corrected chi connectivity index (χ3v) is 4.58. The fourth-order valence-electron chi connectivity index (χ4n) is 3.22. The molecule has 4 rings (SSSR count). The zero-order chi connectivity index (χ0) is 19.7. The second kappa shape index (κ2) is 7.08. The largest absolute Gasteiger partial charge is 0.477 e. The van der Waals surface area contributed by atoms with Gasteiger partial charge in [0.2, 0.25) is 5.43 Å². The minimum Gasteiger partial charge on any atom is -0.477 e. The van der Waals surface area contributed by atoms with Crippen LogP contribution in [0.4, 0.5) is 4.39 Å². The first kappa shape index (κ1) is 17.6. The highest BCUT2D eigenvalue weighted by Crippen LogP contribution is 2.21. The smallest absolute Gasteiger partial charge is 0.341 e. The number of para-hydroxylation sites is 1. The highest BCUT2D eigenvalue weighted by Gasteiger charge is 2.16. The molecule has 6 heteroatoms. The van der Waals surface area contributed by atoms with Crippen LogP contribution in [0, 0.1) is 5.82 Å². The Hall–Kier alpha value is -3.80. The number of fused-ring (bicyclic) bond motifs is 1. The van der Waals surface area contributed by atoms with Gasteiger partial charge in [-0.05, 0) is 34.9 Å². The zero-order valence-corrected chi connectivity index (χ0v) is 14.7. The van der Waals surface area contributed by atoms with Gasteiger partial charge in [0.05, 0.1) is 5.52 Å². The Balaban J connectivity index is 1.78. The van der Waals surface area contributed by atoms with E-state index < -0.39 is 17.2 Å². The third kappa shape index (κ3) is 3.16. The van der Waals surface area contributed by atoms with Crippen LogP contribution in [0.5, 0.6) is 0 Å². The maximum atomic E-state index is 14.4. The standard InChI is InChI=1S/C22H15FN2O3/c23-19-5-1-4-17-20(19)25(13-18(21(17)26)22(27)28)12-14-6-8-15(9-7-14)16-3-2-10-24-11-16/h1-11,13H,12H2,(H,27,28). The molecule has 4 aromatic rings. The summed E-state index contributed by atoms with van der Waals surface area (Å²) in [6.07, 6.45) is 4.66. The fourth-order valence-corrected chi connectivity index (χ4v) is 3.22. The quantitative estimate of drug-likeness (QED) is 0.587. The number of benzene rings is 2. The van der Waals surface area contributed by atoms with Gasteiger partial charge < -0.3 is 9.67 Å². The van der Waals surface area contributed by atoms with Crippen LogP contribution < -0.4 is 5.43 Å². The zero-order valence-electron chi connectivity index (χ0n) is 14.7. The summed E-state index contributed by atoms with van der Waals surface area (Å²) in [6, 6.07) is 15.5. The average Bonchev–Trinajstić information content (AvgIpc) is 2.71. The first-order chi connectivity index (χ1) is 13.5. The lowest BCUT2D eigenvalue weighted by Crippen LogP contribution is -2.19. The molecule has 0 radical (unpaired) electrons. The van der Waals surface area contributed by atoms with Crippen molar-refractivity contribution >= 4 is 16.9 Å². The molecule has 2 heterocycles. The number of carboxylic acids is 1. The summed E-state index contributed by atoms with van der Waals surface area (Å²) in [5.74, 6) is -1.91. The molecule has 0 saturated heterocycles. The first-order valence-corrected chi connectivity index (χ1v) is 8.59. The number of hydrogen-bond acceptors (Lipinski definition) is 3. The molecule has 138 valence electrons. The molecule has 0 unspecified atom stereocenters. The molecular weight excluding hydrogens is 359 g/mol. The summed E-state index contributed by atoms with van der Waals surface area (Å²) >= 11 is 0. The molecule has 0 amide bonds. The molecule has 28 heavy (non-hydrogen) atoms. The van der Waals surface area contributed by atoms with Gasteiger partial charge in [-0.15, -0.1) is 0 Å². The van der Waals surface area contributed by atoms with Crippen molar-refractivity contribution in [3.8, 4) is 11.1 Å². The van der Waals surface area contributed by atoms with Crippen LogP contribution in [-0.2, 0) is 6.54 Å². The van der Waals surface area contributed by atoms with Crippen molar-refractivity contribution in [3.63, 3.8) is 0 Å². The molecule has 1 N–H and O–H groups in total. The maximum absolute atomic E-state index is 14.4. The number of pyridine rings is 2. The Morgan fingerprint density at radius 1 is 1.04 bits per heavy atom. The minimum atomic E-state index is -1.34. The van der Waals surface area contributed by atoms with Crippen LogP contribution in [0.25, 0.3) is 22.0 Å². The molecule has 0 aliphatic heterocycles. The van der Waals surface area contributed by atoms with Crippen molar-refractivity contribution < 1.29 is 14.3 Å². The number of halogens is 1. The summed E-state index contributed by atoms with van der Waals surface area (Å²) in [5.41, 5.74) is 1.82. The van der Waals surface area contributed by atoms with Gasteiger partial charge in [0, 0.05) is 30.5 Å². The van der Waals surface area contributed by atoms with Crippen LogP contribution >= 0.6 is 0 Å². The first-order valence-electron chi connectivity index (χ1n) is 8.59. The van der Waals surface area contributed by atoms with Crippen LogP contribution in [-0.4, -0.2) is 20.6 Å². The van der Waals surface area contributed by atoms with E-state index in [4.69, 9.17) is 0 Å². The van der Waals surface area contributed by atoms with E-state index >= 15 is 0 Å². The van der Waals surface area contributed by atoms with E-state index in [0.717, 1.165) is 16.7 Å². The van der Waals surface area contributed by atoms with E-state index in [-0.39, 0.29) is 23.0 Å². The number of carbonyl (C=O) groups is 1. The lowest BCUT2D eigenvalue weighted by molar-refractivity contribution is 0.0695. The Labute approximate surface area is 159 Å². The second-order valence-electron chi connectivity index (χ2n) is 6.38. The number of rotatable bonds is 4. The molecule has 0 fully saturated rings. The third-order valence-electron chi connectivity index (χ3n) is 4.58. The Morgan fingerprint density at radius 2 is 1.82 bits per heavy atom. The predicted molar refractivity (Wildman–Crippen MR) is 104 cm³/mol. The lowest BCUT2D eigenvalue weighted by Gasteiger charge is -2.13. The fraction of sp³-hybridized carbons (Fsp3) is 0.0455. The van der Waals surface area contributed by atoms with Crippen molar-refractivity contribution in [1.29, 1.82) is 0 Å². The molecule has 0 aliphatic carbocycles. The Kier molecular flexibility index (Phi) is 4.45. The topological polar surface area (TPSA) is 72.2 Å². The van der Waals surface area contributed by atoms with Crippen molar-refractivity contribution in [1.82, 2.24) is 9.55 Å². The number of hydrogen-bond donors (Lipinski definition) is 1. The molecule has 0 aliphatic rings. The van der Waals surface area contributed by atoms with E-state index in [1.165, 1.54) is 29.0 Å². The minimum absolute atomic E-state index is 0.0480. The molecule has 0 bridgehead atoms. The highest BCUT2D eigenvalue weighted by molar-refractivity contribution is 5.92. The van der Waals surface area contributed by atoms with E-state index in [2.05, 4.69) is 4.98 Å². The van der Waals surface area contributed by atoms with E-state index in [9.17, 15) is 19.1 Å². The Bertz CT molecular complexity index is 1230. The monoisotopic (exact) mass is 374 g/mol. The Morgan fingerprint density at radius 3 is 2.50 bits per heavy atom. The van der Waals surface area contributed by atoms with Gasteiger partial charge in [0.15, 0.2) is 0 Å². The number of aromatic nitrogens is 2. The molecule has 2 aromatic carbocycles. The van der Waals surface area contributed by atoms with Crippen molar-refractivity contribution in [2.24, 2.45) is 0 Å². The SMILES string of the molecule is O=C(O)c1cn(Cc2ccc(-c3cccnc3)cc2)c2c(F)cccc2c1=O. The van der Waals surface area contributed by atoms with Crippen LogP contribution in [0.3, 0.4) is 0 Å². The van der Waals surface area contributed by atoms with Crippen molar-refractivity contribution in [2.45, 2.75) is 6.54 Å². The van der Waals surface area contributed by atoms with E-state index in [1.807, 2.05) is 36.4 Å². The van der Waals surface area contributed by atoms with E-state index in [1.54, 1.807) is 12.4 Å². The van der Waals surface area contributed by atoms with Gasteiger partial charge in [0.25, 0.3) is 0 Å². The van der Waals surface area contributed by atoms with Gasteiger partial charge in [-0.3, -0.25) is 9.78 Å². The van der Waals surface area contributed by atoms with Gasteiger partial charge in [-0.1, -0.05) is 36.4 Å². The lowest BCUT2D eigenvalue weighted by atomic mass is 10.1. The number of nitrogens with zero attached hydrogens (tertiary/aromatic N) is 2. The summed E-state index contributed by atoms with van der Waals surface area (Å²) < 4.78 is 15.9.